The smallest absolute Gasteiger partial charge is 0.163 e. The SMILES string of the molecule is CCCCCCCCCCCCCCCCOc1ccc2cc(OCc3ccc(C(=O)C[C@H](C)CC)cc3)ccc2c1. The van der Waals surface area contributed by atoms with E-state index in [0.717, 1.165) is 52.8 Å². The van der Waals surface area contributed by atoms with Crippen molar-refractivity contribution in [3.8, 4) is 11.5 Å². The summed E-state index contributed by atoms with van der Waals surface area (Å²) in [5.74, 6) is 2.42. The molecule has 0 amide bonds. The number of fused-ring (bicyclic) bond motifs is 1. The summed E-state index contributed by atoms with van der Waals surface area (Å²) in [6.45, 7) is 7.80. The lowest BCUT2D eigenvalue weighted by Crippen LogP contribution is -2.05. The van der Waals surface area contributed by atoms with Crippen LogP contribution in [0.5, 0.6) is 11.5 Å². The number of ketones is 1. The van der Waals surface area contributed by atoms with Gasteiger partial charge in [-0.05, 0) is 52.9 Å². The number of hydrogen-bond donors (Lipinski definition) is 0. The van der Waals surface area contributed by atoms with Crippen molar-refractivity contribution in [2.75, 3.05) is 6.61 Å². The van der Waals surface area contributed by atoms with Gasteiger partial charge in [-0.25, -0.2) is 0 Å². The van der Waals surface area contributed by atoms with E-state index < -0.39 is 0 Å². The fourth-order valence-corrected chi connectivity index (χ4v) is 5.40. The second kappa shape index (κ2) is 20.2. The molecule has 3 aromatic rings. The molecule has 3 heteroatoms. The molecule has 0 saturated carbocycles. The number of unbranched alkanes of at least 4 members (excludes halogenated alkanes) is 13. The van der Waals surface area contributed by atoms with Crippen LogP contribution in [-0.4, -0.2) is 12.4 Å². The van der Waals surface area contributed by atoms with E-state index in [4.69, 9.17) is 9.47 Å². The molecule has 0 aliphatic heterocycles. The summed E-state index contributed by atoms with van der Waals surface area (Å²) in [7, 11) is 0. The zero-order valence-corrected chi connectivity index (χ0v) is 26.8. The third-order valence-electron chi connectivity index (χ3n) is 8.46. The van der Waals surface area contributed by atoms with Gasteiger partial charge in [-0.2, -0.15) is 0 Å². The average molecular weight is 573 g/mol. The highest BCUT2D eigenvalue weighted by atomic mass is 16.5. The number of rotatable bonds is 23. The largest absolute Gasteiger partial charge is 0.494 e. The zero-order chi connectivity index (χ0) is 29.8. The number of Topliss-reactive ketones (excluding diaryl/α,β-unsaturated/α-hetero) is 1. The van der Waals surface area contributed by atoms with Gasteiger partial charge in [-0.3, -0.25) is 4.79 Å². The van der Waals surface area contributed by atoms with Gasteiger partial charge in [0.2, 0.25) is 0 Å². The van der Waals surface area contributed by atoms with E-state index in [1.807, 2.05) is 30.3 Å². The lowest BCUT2D eigenvalue weighted by atomic mass is 9.97. The van der Waals surface area contributed by atoms with E-state index in [1.54, 1.807) is 0 Å². The van der Waals surface area contributed by atoms with Crippen molar-refractivity contribution in [3.05, 3.63) is 71.8 Å². The fourth-order valence-electron chi connectivity index (χ4n) is 5.40. The molecule has 0 saturated heterocycles. The number of carbonyl (C=O) groups is 1. The van der Waals surface area contributed by atoms with Crippen molar-refractivity contribution < 1.29 is 14.3 Å². The molecule has 0 radical (unpaired) electrons. The minimum Gasteiger partial charge on any atom is -0.494 e. The minimum atomic E-state index is 0.217. The van der Waals surface area contributed by atoms with Crippen molar-refractivity contribution in [1.29, 1.82) is 0 Å². The third-order valence-corrected chi connectivity index (χ3v) is 8.46. The Morgan fingerprint density at radius 3 is 1.64 bits per heavy atom. The van der Waals surface area contributed by atoms with Gasteiger partial charge in [0, 0.05) is 12.0 Å². The molecule has 42 heavy (non-hydrogen) atoms. The van der Waals surface area contributed by atoms with E-state index >= 15 is 0 Å². The van der Waals surface area contributed by atoms with Crippen LogP contribution in [0.2, 0.25) is 0 Å². The van der Waals surface area contributed by atoms with Crippen LogP contribution in [0.15, 0.2) is 60.7 Å². The molecule has 0 fully saturated rings. The molecule has 0 aliphatic rings. The summed E-state index contributed by atoms with van der Waals surface area (Å²) in [4.78, 5) is 12.4. The Hall–Kier alpha value is -2.81. The first kappa shape index (κ1) is 33.7. The van der Waals surface area contributed by atoms with Gasteiger partial charge in [0.25, 0.3) is 0 Å². The molecular weight excluding hydrogens is 516 g/mol. The van der Waals surface area contributed by atoms with E-state index in [9.17, 15) is 4.79 Å². The first-order chi connectivity index (χ1) is 20.6. The number of ether oxygens (including phenoxy) is 2. The maximum absolute atomic E-state index is 12.4. The highest BCUT2D eigenvalue weighted by Gasteiger charge is 2.10. The Morgan fingerprint density at radius 2 is 1.12 bits per heavy atom. The average Bonchev–Trinajstić information content (AvgIpc) is 3.02. The monoisotopic (exact) mass is 572 g/mol. The van der Waals surface area contributed by atoms with Gasteiger partial charge < -0.3 is 9.47 Å². The standard InChI is InChI=1S/C39H56O3/c1-4-6-7-8-9-10-11-12-13-14-15-16-17-18-27-41-37-25-23-36-30-38(26-24-35(36)29-37)42-31-33-19-21-34(22-20-33)39(40)28-32(3)5-2/h19-26,29-30,32H,4-18,27-28,31H2,1-3H3/t32-/m1/s1. The van der Waals surface area contributed by atoms with Crippen molar-refractivity contribution in [2.45, 2.75) is 130 Å². The summed E-state index contributed by atoms with van der Waals surface area (Å²) in [5.41, 5.74) is 1.84. The van der Waals surface area contributed by atoms with E-state index in [-0.39, 0.29) is 5.78 Å². The lowest BCUT2D eigenvalue weighted by Gasteiger charge is -2.10. The molecule has 0 unspecified atom stereocenters. The van der Waals surface area contributed by atoms with Gasteiger partial charge in [-0.1, -0.05) is 147 Å². The van der Waals surface area contributed by atoms with Crippen molar-refractivity contribution in [2.24, 2.45) is 5.92 Å². The van der Waals surface area contributed by atoms with Gasteiger partial charge in [0.15, 0.2) is 5.78 Å². The van der Waals surface area contributed by atoms with Crippen LogP contribution >= 0.6 is 0 Å². The predicted molar refractivity (Wildman–Crippen MR) is 179 cm³/mol. The second-order valence-corrected chi connectivity index (χ2v) is 12.2. The Labute approximate surface area is 256 Å². The summed E-state index contributed by atoms with van der Waals surface area (Å²) < 4.78 is 12.1. The minimum absolute atomic E-state index is 0.217. The highest BCUT2D eigenvalue weighted by Crippen LogP contribution is 2.26. The molecule has 3 aromatic carbocycles. The number of carbonyl (C=O) groups excluding carboxylic acids is 1. The molecule has 0 aliphatic carbocycles. The summed E-state index contributed by atoms with van der Waals surface area (Å²) in [5, 5.41) is 2.30. The van der Waals surface area contributed by atoms with Gasteiger partial charge >= 0.3 is 0 Å². The van der Waals surface area contributed by atoms with Crippen LogP contribution < -0.4 is 9.47 Å². The van der Waals surface area contributed by atoms with Crippen LogP contribution in [-0.2, 0) is 6.61 Å². The van der Waals surface area contributed by atoms with E-state index in [0.29, 0.717) is 18.9 Å². The Bertz CT molecular complexity index is 1150. The molecule has 1 atom stereocenters. The van der Waals surface area contributed by atoms with Gasteiger partial charge in [0.05, 0.1) is 6.61 Å². The molecule has 0 bridgehead atoms. The summed E-state index contributed by atoms with van der Waals surface area (Å²) in [6.07, 6.45) is 20.8. The summed E-state index contributed by atoms with van der Waals surface area (Å²) >= 11 is 0. The van der Waals surface area contributed by atoms with Crippen LogP contribution in [0.3, 0.4) is 0 Å². The lowest BCUT2D eigenvalue weighted by molar-refractivity contribution is 0.0963. The third kappa shape index (κ3) is 13.0. The second-order valence-electron chi connectivity index (χ2n) is 12.2. The van der Waals surface area contributed by atoms with Gasteiger partial charge in [-0.15, -0.1) is 0 Å². The maximum atomic E-state index is 12.4. The first-order valence-electron chi connectivity index (χ1n) is 17.0. The number of hydrogen-bond acceptors (Lipinski definition) is 3. The zero-order valence-electron chi connectivity index (χ0n) is 26.8. The van der Waals surface area contributed by atoms with Crippen LogP contribution in [0.25, 0.3) is 10.8 Å². The van der Waals surface area contributed by atoms with Crippen molar-refractivity contribution >= 4 is 16.6 Å². The van der Waals surface area contributed by atoms with E-state index in [1.165, 1.54) is 83.5 Å². The Morgan fingerprint density at radius 1 is 0.619 bits per heavy atom. The molecule has 0 heterocycles. The molecule has 0 N–H and O–H groups in total. The van der Waals surface area contributed by atoms with Crippen molar-refractivity contribution in [3.63, 3.8) is 0 Å². The molecule has 230 valence electrons. The summed E-state index contributed by atoms with van der Waals surface area (Å²) in [6, 6.07) is 20.3. The quantitative estimate of drug-likeness (QED) is 0.0837. The number of benzene rings is 3. The van der Waals surface area contributed by atoms with Gasteiger partial charge in [0.1, 0.15) is 18.1 Å². The first-order valence-corrected chi connectivity index (χ1v) is 17.0. The van der Waals surface area contributed by atoms with Crippen molar-refractivity contribution in [1.82, 2.24) is 0 Å². The Kier molecular flexibility index (Phi) is 16.2. The molecule has 3 rings (SSSR count). The normalized spacial score (nSPS) is 12.0. The van der Waals surface area contributed by atoms with Crippen LogP contribution in [0, 0.1) is 5.92 Å². The molecule has 0 aromatic heterocycles. The molecular formula is C39H56O3. The molecule has 0 spiro atoms. The fraction of sp³-hybridized carbons (Fsp3) is 0.564. The van der Waals surface area contributed by atoms with Crippen LogP contribution in [0.4, 0.5) is 0 Å². The molecule has 3 nitrogen and oxygen atoms in total. The topological polar surface area (TPSA) is 35.5 Å². The van der Waals surface area contributed by atoms with E-state index in [2.05, 4.69) is 51.1 Å². The van der Waals surface area contributed by atoms with Crippen LogP contribution in [0.1, 0.15) is 139 Å². The highest BCUT2D eigenvalue weighted by molar-refractivity contribution is 5.96. The maximum Gasteiger partial charge on any atom is 0.163 e. The Balaban J connectivity index is 1.28. The predicted octanol–water partition coefficient (Wildman–Crippen LogP) is 11.9.